The summed E-state index contributed by atoms with van der Waals surface area (Å²) in [7, 11) is 0. The van der Waals surface area contributed by atoms with Crippen molar-refractivity contribution in [3.05, 3.63) is 54.0 Å². The van der Waals surface area contributed by atoms with Crippen LogP contribution in [0.15, 0.2) is 52.2 Å². The molecule has 0 aliphatic carbocycles. The number of benzene rings is 1. The number of halogens is 1. The number of Topliss-reactive ketones (excluding diaryl/α,β-unsaturated/α-hetero) is 1. The second-order valence-corrected chi connectivity index (χ2v) is 7.19. The molecule has 1 aliphatic heterocycles. The summed E-state index contributed by atoms with van der Waals surface area (Å²) in [6.07, 6.45) is 3.70. The van der Waals surface area contributed by atoms with E-state index in [1.54, 1.807) is 12.3 Å². The van der Waals surface area contributed by atoms with Crippen LogP contribution in [0.5, 0.6) is 0 Å². The number of furan rings is 1. The van der Waals surface area contributed by atoms with Gasteiger partial charge in [-0.15, -0.1) is 10.2 Å². The molecule has 2 aromatic heterocycles. The average Bonchev–Trinajstić information content (AvgIpc) is 3.43. The molecule has 6 nitrogen and oxygen atoms in total. The molecule has 0 radical (unpaired) electrons. The van der Waals surface area contributed by atoms with Crippen LogP contribution in [-0.2, 0) is 11.3 Å². The van der Waals surface area contributed by atoms with Crippen molar-refractivity contribution < 1.29 is 18.3 Å². The van der Waals surface area contributed by atoms with E-state index in [1.165, 1.54) is 36.0 Å². The van der Waals surface area contributed by atoms with E-state index in [4.69, 9.17) is 9.15 Å². The highest BCUT2D eigenvalue weighted by molar-refractivity contribution is 7.99. The molecule has 1 aliphatic rings. The molecule has 1 atom stereocenters. The van der Waals surface area contributed by atoms with Crippen molar-refractivity contribution >= 4 is 17.5 Å². The number of thioether (sulfide) groups is 1. The molecule has 1 fully saturated rings. The van der Waals surface area contributed by atoms with Gasteiger partial charge in [-0.05, 0) is 49.2 Å². The Morgan fingerprint density at radius 1 is 1.26 bits per heavy atom. The fourth-order valence-corrected chi connectivity index (χ4v) is 3.83. The summed E-state index contributed by atoms with van der Waals surface area (Å²) in [5.74, 6) is 0.974. The molecule has 8 heteroatoms. The SMILES string of the molecule is O=C(CSc1nnc(-c2ccco2)n1C[C@H]1CCCO1)c1ccc(F)cc1. The molecule has 0 unspecified atom stereocenters. The summed E-state index contributed by atoms with van der Waals surface area (Å²) >= 11 is 1.30. The Kier molecular flexibility index (Phi) is 5.35. The molecule has 27 heavy (non-hydrogen) atoms. The Bertz CT molecular complexity index is 903. The summed E-state index contributed by atoms with van der Waals surface area (Å²) in [6.45, 7) is 1.37. The zero-order valence-corrected chi connectivity index (χ0v) is 15.3. The number of carbonyl (C=O) groups is 1. The van der Waals surface area contributed by atoms with Crippen LogP contribution in [0.1, 0.15) is 23.2 Å². The lowest BCUT2D eigenvalue weighted by Gasteiger charge is -2.13. The highest BCUT2D eigenvalue weighted by Gasteiger charge is 2.23. The Morgan fingerprint density at radius 3 is 2.81 bits per heavy atom. The summed E-state index contributed by atoms with van der Waals surface area (Å²) in [5, 5.41) is 9.12. The van der Waals surface area contributed by atoms with Gasteiger partial charge >= 0.3 is 0 Å². The minimum Gasteiger partial charge on any atom is -0.461 e. The lowest BCUT2D eigenvalue weighted by molar-refractivity contribution is 0.0952. The number of nitrogens with zero attached hydrogens (tertiary/aromatic N) is 3. The van der Waals surface area contributed by atoms with Gasteiger partial charge in [-0.3, -0.25) is 9.36 Å². The molecule has 1 saturated heterocycles. The first-order valence-corrected chi connectivity index (χ1v) is 9.69. The van der Waals surface area contributed by atoms with Gasteiger partial charge in [-0.2, -0.15) is 0 Å². The van der Waals surface area contributed by atoms with E-state index in [2.05, 4.69) is 10.2 Å². The van der Waals surface area contributed by atoms with Crippen LogP contribution in [0, 0.1) is 5.82 Å². The number of carbonyl (C=O) groups excluding carboxylic acids is 1. The molecule has 0 N–H and O–H groups in total. The van der Waals surface area contributed by atoms with Gasteiger partial charge in [0.25, 0.3) is 0 Å². The number of ketones is 1. The number of ether oxygens (including phenoxy) is 1. The van der Waals surface area contributed by atoms with Crippen molar-refractivity contribution in [2.75, 3.05) is 12.4 Å². The van der Waals surface area contributed by atoms with Crippen LogP contribution < -0.4 is 0 Å². The van der Waals surface area contributed by atoms with Crippen LogP contribution in [-0.4, -0.2) is 39.0 Å². The summed E-state index contributed by atoms with van der Waals surface area (Å²) < 4.78 is 26.2. The maximum Gasteiger partial charge on any atom is 0.200 e. The van der Waals surface area contributed by atoms with E-state index < -0.39 is 0 Å². The smallest absolute Gasteiger partial charge is 0.200 e. The molecular formula is C19H18FN3O3S. The van der Waals surface area contributed by atoms with Gasteiger partial charge in [0, 0.05) is 12.2 Å². The molecule has 3 aromatic rings. The Labute approximate surface area is 159 Å². The van der Waals surface area contributed by atoms with Gasteiger partial charge in [0.2, 0.25) is 5.82 Å². The van der Waals surface area contributed by atoms with Gasteiger partial charge in [0.1, 0.15) is 5.82 Å². The fourth-order valence-electron chi connectivity index (χ4n) is 2.99. The standard InChI is InChI=1S/C19H18FN3O3S/c20-14-7-5-13(6-8-14)16(24)12-27-19-22-21-18(17-4-2-10-26-17)23(19)11-15-3-1-9-25-15/h2,4-8,10,15H,1,3,9,11-12H2/t15-/m1/s1. The molecule has 0 bridgehead atoms. The third-order valence-corrected chi connectivity index (χ3v) is 5.33. The van der Waals surface area contributed by atoms with Gasteiger partial charge < -0.3 is 9.15 Å². The predicted octanol–water partition coefficient (Wildman–Crippen LogP) is 3.83. The van der Waals surface area contributed by atoms with Crippen molar-refractivity contribution in [2.24, 2.45) is 0 Å². The Hall–Kier alpha value is -2.45. The minimum atomic E-state index is -0.362. The molecule has 140 valence electrons. The third kappa shape index (κ3) is 4.12. The van der Waals surface area contributed by atoms with E-state index in [1.807, 2.05) is 10.6 Å². The van der Waals surface area contributed by atoms with E-state index in [0.29, 0.717) is 28.8 Å². The molecule has 0 saturated carbocycles. The fraction of sp³-hybridized carbons (Fsp3) is 0.316. The molecule has 0 amide bonds. The van der Waals surface area contributed by atoms with Crippen LogP contribution in [0.25, 0.3) is 11.6 Å². The average molecular weight is 387 g/mol. The van der Waals surface area contributed by atoms with Crippen LogP contribution in [0.4, 0.5) is 4.39 Å². The quantitative estimate of drug-likeness (QED) is 0.453. The van der Waals surface area contributed by atoms with Crippen molar-refractivity contribution in [2.45, 2.75) is 30.6 Å². The highest BCUT2D eigenvalue weighted by Crippen LogP contribution is 2.27. The van der Waals surface area contributed by atoms with Crippen molar-refractivity contribution in [3.8, 4) is 11.6 Å². The van der Waals surface area contributed by atoms with Gasteiger partial charge in [0.05, 0.1) is 24.7 Å². The highest BCUT2D eigenvalue weighted by atomic mass is 32.2. The Balaban J connectivity index is 1.52. The lowest BCUT2D eigenvalue weighted by Crippen LogP contribution is -2.17. The second kappa shape index (κ2) is 8.06. The number of rotatable bonds is 7. The maximum atomic E-state index is 13.0. The maximum absolute atomic E-state index is 13.0. The molecule has 0 spiro atoms. The number of hydrogen-bond donors (Lipinski definition) is 0. The Morgan fingerprint density at radius 2 is 2.11 bits per heavy atom. The zero-order chi connectivity index (χ0) is 18.6. The predicted molar refractivity (Wildman–Crippen MR) is 98.2 cm³/mol. The molecular weight excluding hydrogens is 369 g/mol. The van der Waals surface area contributed by atoms with Crippen LogP contribution in [0.2, 0.25) is 0 Å². The zero-order valence-electron chi connectivity index (χ0n) is 14.5. The first kappa shape index (κ1) is 17.9. The van der Waals surface area contributed by atoms with Crippen LogP contribution in [0.3, 0.4) is 0 Å². The van der Waals surface area contributed by atoms with E-state index in [9.17, 15) is 9.18 Å². The second-order valence-electron chi connectivity index (χ2n) is 6.25. The molecule has 4 rings (SSSR count). The van der Waals surface area contributed by atoms with Crippen LogP contribution >= 0.6 is 11.8 Å². The minimum absolute atomic E-state index is 0.0915. The monoisotopic (exact) mass is 387 g/mol. The third-order valence-electron chi connectivity index (χ3n) is 4.37. The number of aromatic nitrogens is 3. The normalized spacial score (nSPS) is 16.7. The van der Waals surface area contributed by atoms with Crippen molar-refractivity contribution in [1.82, 2.24) is 14.8 Å². The van der Waals surface area contributed by atoms with Crippen molar-refractivity contribution in [1.29, 1.82) is 0 Å². The van der Waals surface area contributed by atoms with E-state index in [0.717, 1.165) is 19.4 Å². The van der Waals surface area contributed by atoms with Crippen molar-refractivity contribution in [3.63, 3.8) is 0 Å². The first-order valence-electron chi connectivity index (χ1n) is 8.71. The van der Waals surface area contributed by atoms with Gasteiger partial charge in [-0.1, -0.05) is 11.8 Å². The largest absolute Gasteiger partial charge is 0.461 e. The van der Waals surface area contributed by atoms with E-state index >= 15 is 0 Å². The van der Waals surface area contributed by atoms with E-state index in [-0.39, 0.29) is 23.5 Å². The summed E-state index contributed by atoms with van der Waals surface area (Å²) in [6, 6.07) is 9.17. The topological polar surface area (TPSA) is 70.2 Å². The lowest BCUT2D eigenvalue weighted by atomic mass is 10.1. The summed E-state index contributed by atoms with van der Waals surface area (Å²) in [5.41, 5.74) is 0.473. The number of hydrogen-bond acceptors (Lipinski definition) is 6. The van der Waals surface area contributed by atoms with Gasteiger partial charge in [0.15, 0.2) is 16.7 Å². The first-order chi connectivity index (χ1) is 13.2. The molecule has 3 heterocycles. The summed E-state index contributed by atoms with van der Waals surface area (Å²) in [4.78, 5) is 12.4. The molecule has 1 aromatic carbocycles. The van der Waals surface area contributed by atoms with Gasteiger partial charge in [-0.25, -0.2) is 4.39 Å².